The Morgan fingerprint density at radius 2 is 2.31 bits per heavy atom. The molecule has 1 aromatic heterocycles. The second kappa shape index (κ2) is 4.58. The Hall–Kier alpha value is -0.610. The fourth-order valence-corrected chi connectivity index (χ4v) is 1.52. The average Bonchev–Trinajstić information content (AvgIpc) is 2.54. The fourth-order valence-electron chi connectivity index (χ4n) is 1.52. The molecule has 0 amide bonds. The third-order valence-corrected chi connectivity index (χ3v) is 2.15. The number of nitrogens with one attached hydrogen (secondary N) is 1. The van der Waals surface area contributed by atoms with Crippen molar-refractivity contribution in [2.45, 2.75) is 32.2 Å². The Labute approximate surface area is 83.5 Å². The van der Waals surface area contributed by atoms with Crippen LogP contribution in [-0.2, 0) is 0 Å². The minimum Gasteiger partial charge on any atom is -0.338 e. The van der Waals surface area contributed by atoms with Gasteiger partial charge in [-0.2, -0.15) is 4.98 Å². The molecule has 13 heavy (non-hydrogen) atoms. The summed E-state index contributed by atoms with van der Waals surface area (Å²) < 4.78 is 5.08. The van der Waals surface area contributed by atoms with Gasteiger partial charge in [0.15, 0.2) is 5.82 Å². The molecule has 1 N–H and O–H groups in total. The summed E-state index contributed by atoms with van der Waals surface area (Å²) in [6.45, 7) is 2.90. The Kier molecular flexibility index (Phi) is 3.69. The molecular formula is C8H14ClN3O. The van der Waals surface area contributed by atoms with Crippen molar-refractivity contribution >= 4 is 12.4 Å². The summed E-state index contributed by atoms with van der Waals surface area (Å²) in [6, 6.07) is 0.292. The molecule has 0 unspecified atom stereocenters. The molecule has 0 radical (unpaired) electrons. The second-order valence-corrected chi connectivity index (χ2v) is 3.18. The molecule has 0 bridgehead atoms. The van der Waals surface area contributed by atoms with E-state index in [1.165, 1.54) is 12.8 Å². The van der Waals surface area contributed by atoms with Crippen LogP contribution in [0.2, 0.25) is 0 Å². The van der Waals surface area contributed by atoms with Gasteiger partial charge in [0.05, 0.1) is 6.04 Å². The molecule has 1 aromatic rings. The molecule has 0 spiro atoms. The number of aryl methyl sites for hydroxylation is 1. The minimum absolute atomic E-state index is 0. The molecule has 1 fully saturated rings. The SMILES string of the molecule is Cc1noc([C@H]2CCCCN2)n1.Cl. The van der Waals surface area contributed by atoms with Gasteiger partial charge < -0.3 is 9.84 Å². The molecule has 0 aromatic carbocycles. The van der Waals surface area contributed by atoms with Crippen LogP contribution >= 0.6 is 12.4 Å². The van der Waals surface area contributed by atoms with Gasteiger partial charge in [0, 0.05) is 0 Å². The molecule has 0 saturated carbocycles. The van der Waals surface area contributed by atoms with Crippen molar-refractivity contribution in [2.75, 3.05) is 6.54 Å². The van der Waals surface area contributed by atoms with Crippen LogP contribution < -0.4 is 5.32 Å². The number of aromatic nitrogens is 2. The Morgan fingerprint density at radius 3 is 2.85 bits per heavy atom. The standard InChI is InChI=1S/C8H13N3O.ClH/c1-6-10-8(12-11-6)7-4-2-3-5-9-7;/h7,9H,2-5H2,1H3;1H/t7-;/m1./s1. The number of nitrogens with zero attached hydrogens (tertiary/aromatic N) is 2. The fraction of sp³-hybridized carbons (Fsp3) is 0.750. The van der Waals surface area contributed by atoms with E-state index in [1.807, 2.05) is 6.92 Å². The zero-order valence-corrected chi connectivity index (χ0v) is 8.43. The molecule has 2 heterocycles. The maximum atomic E-state index is 5.08. The van der Waals surface area contributed by atoms with Gasteiger partial charge in [0.2, 0.25) is 5.89 Å². The molecule has 74 valence electrons. The van der Waals surface area contributed by atoms with E-state index in [4.69, 9.17) is 4.52 Å². The molecule has 2 rings (SSSR count). The van der Waals surface area contributed by atoms with Gasteiger partial charge in [-0.3, -0.25) is 0 Å². The Morgan fingerprint density at radius 1 is 1.46 bits per heavy atom. The highest BCUT2D eigenvalue weighted by Crippen LogP contribution is 2.20. The third-order valence-electron chi connectivity index (χ3n) is 2.15. The first-order valence-corrected chi connectivity index (χ1v) is 4.40. The number of rotatable bonds is 1. The first-order valence-electron chi connectivity index (χ1n) is 4.40. The predicted octanol–water partition coefficient (Wildman–Crippen LogP) is 1.61. The van der Waals surface area contributed by atoms with Gasteiger partial charge in [-0.1, -0.05) is 11.6 Å². The summed E-state index contributed by atoms with van der Waals surface area (Å²) >= 11 is 0. The molecule has 1 saturated heterocycles. The normalized spacial score (nSPS) is 22.4. The zero-order chi connectivity index (χ0) is 8.39. The Balaban J connectivity index is 0.000000845. The average molecular weight is 204 g/mol. The van der Waals surface area contributed by atoms with Crippen LogP contribution in [0, 0.1) is 6.92 Å². The van der Waals surface area contributed by atoms with Gasteiger partial charge in [-0.25, -0.2) is 0 Å². The van der Waals surface area contributed by atoms with Crippen LogP contribution in [0.3, 0.4) is 0 Å². The maximum absolute atomic E-state index is 5.08. The molecular weight excluding hydrogens is 190 g/mol. The lowest BCUT2D eigenvalue weighted by Crippen LogP contribution is -2.26. The van der Waals surface area contributed by atoms with E-state index in [1.54, 1.807) is 0 Å². The monoisotopic (exact) mass is 203 g/mol. The van der Waals surface area contributed by atoms with Crippen LogP contribution in [0.15, 0.2) is 4.52 Å². The van der Waals surface area contributed by atoms with E-state index in [9.17, 15) is 0 Å². The smallest absolute Gasteiger partial charge is 0.243 e. The molecule has 1 aliphatic heterocycles. The largest absolute Gasteiger partial charge is 0.338 e. The van der Waals surface area contributed by atoms with Crippen LogP contribution in [0.1, 0.15) is 37.0 Å². The van der Waals surface area contributed by atoms with Gasteiger partial charge in [0.25, 0.3) is 0 Å². The van der Waals surface area contributed by atoms with E-state index in [2.05, 4.69) is 15.5 Å². The van der Waals surface area contributed by atoms with Crippen molar-refractivity contribution in [2.24, 2.45) is 0 Å². The van der Waals surface area contributed by atoms with E-state index in [-0.39, 0.29) is 12.4 Å². The number of piperidine rings is 1. The van der Waals surface area contributed by atoms with Crippen LogP contribution in [0.5, 0.6) is 0 Å². The van der Waals surface area contributed by atoms with Crippen molar-refractivity contribution in [3.05, 3.63) is 11.7 Å². The highest BCUT2D eigenvalue weighted by molar-refractivity contribution is 5.85. The molecule has 1 aliphatic rings. The first kappa shape index (κ1) is 10.5. The van der Waals surface area contributed by atoms with Crippen LogP contribution in [0.25, 0.3) is 0 Å². The Bertz CT molecular complexity index is 258. The maximum Gasteiger partial charge on any atom is 0.243 e. The lowest BCUT2D eigenvalue weighted by molar-refractivity contribution is 0.296. The second-order valence-electron chi connectivity index (χ2n) is 3.18. The third kappa shape index (κ3) is 2.42. The number of hydrogen-bond acceptors (Lipinski definition) is 4. The number of halogens is 1. The molecule has 0 aliphatic carbocycles. The summed E-state index contributed by atoms with van der Waals surface area (Å²) in [4.78, 5) is 4.19. The van der Waals surface area contributed by atoms with E-state index in [0.717, 1.165) is 24.7 Å². The van der Waals surface area contributed by atoms with Crippen molar-refractivity contribution in [3.8, 4) is 0 Å². The highest BCUT2D eigenvalue weighted by atomic mass is 35.5. The van der Waals surface area contributed by atoms with Gasteiger partial charge in [-0.15, -0.1) is 12.4 Å². The van der Waals surface area contributed by atoms with Crippen molar-refractivity contribution in [3.63, 3.8) is 0 Å². The molecule has 4 nitrogen and oxygen atoms in total. The lowest BCUT2D eigenvalue weighted by Gasteiger charge is -2.19. The zero-order valence-electron chi connectivity index (χ0n) is 7.62. The highest BCUT2D eigenvalue weighted by Gasteiger charge is 2.19. The predicted molar refractivity (Wildman–Crippen MR) is 50.9 cm³/mol. The van der Waals surface area contributed by atoms with E-state index in [0.29, 0.717) is 6.04 Å². The first-order chi connectivity index (χ1) is 5.86. The van der Waals surface area contributed by atoms with Crippen LogP contribution in [0.4, 0.5) is 0 Å². The topological polar surface area (TPSA) is 51.0 Å². The van der Waals surface area contributed by atoms with E-state index < -0.39 is 0 Å². The van der Waals surface area contributed by atoms with Crippen LogP contribution in [-0.4, -0.2) is 16.7 Å². The van der Waals surface area contributed by atoms with Gasteiger partial charge in [-0.05, 0) is 26.3 Å². The molecule has 1 atom stereocenters. The summed E-state index contributed by atoms with van der Waals surface area (Å²) in [5.74, 6) is 1.46. The minimum atomic E-state index is 0. The van der Waals surface area contributed by atoms with E-state index >= 15 is 0 Å². The van der Waals surface area contributed by atoms with Crippen molar-refractivity contribution < 1.29 is 4.52 Å². The van der Waals surface area contributed by atoms with Gasteiger partial charge >= 0.3 is 0 Å². The quantitative estimate of drug-likeness (QED) is 0.754. The van der Waals surface area contributed by atoms with Gasteiger partial charge in [0.1, 0.15) is 0 Å². The number of hydrogen-bond donors (Lipinski definition) is 1. The summed E-state index contributed by atoms with van der Waals surface area (Å²) in [5, 5.41) is 7.12. The summed E-state index contributed by atoms with van der Waals surface area (Å²) in [7, 11) is 0. The lowest BCUT2D eigenvalue weighted by atomic mass is 10.1. The van der Waals surface area contributed by atoms with Crippen molar-refractivity contribution in [1.82, 2.24) is 15.5 Å². The van der Waals surface area contributed by atoms with Crippen molar-refractivity contribution in [1.29, 1.82) is 0 Å². The summed E-state index contributed by atoms with van der Waals surface area (Å²) in [5.41, 5.74) is 0. The molecule has 5 heteroatoms. The summed E-state index contributed by atoms with van der Waals surface area (Å²) in [6.07, 6.45) is 3.62.